The van der Waals surface area contributed by atoms with Crippen LogP contribution in [0.5, 0.6) is 0 Å². The Morgan fingerprint density at radius 3 is 2.23 bits per heavy atom. The second-order valence-electron chi connectivity index (χ2n) is 11.3. The average Bonchev–Trinajstić information content (AvgIpc) is 3.31. The van der Waals surface area contributed by atoms with Gasteiger partial charge in [0.05, 0.1) is 27.0 Å². The molecule has 3 amide bonds. The molecule has 0 bridgehead atoms. The maximum atomic E-state index is 14.9. The lowest BCUT2D eigenvalue weighted by Crippen LogP contribution is -2.48. The smallest absolute Gasteiger partial charge is 0.324 e. The summed E-state index contributed by atoms with van der Waals surface area (Å²) in [6.45, 7) is 12.9. The number of aromatic nitrogens is 2. The SMILES string of the molecule is CC(C)n1nc(C(C)(C)C)cc1NC(=O)Nc1ccc(CN2CCN(C(=O)c3c(Cl)cccc3Cl)CC2)cc1F. The molecule has 0 unspecified atom stereocenters. The first-order chi connectivity index (χ1) is 18.8. The Morgan fingerprint density at radius 1 is 1.00 bits per heavy atom. The molecule has 0 aliphatic carbocycles. The van der Waals surface area contributed by atoms with Gasteiger partial charge in [0.1, 0.15) is 11.6 Å². The van der Waals surface area contributed by atoms with Crippen LogP contribution in [0.4, 0.5) is 20.7 Å². The van der Waals surface area contributed by atoms with Gasteiger partial charge < -0.3 is 10.2 Å². The van der Waals surface area contributed by atoms with E-state index in [1.807, 2.05) is 19.9 Å². The van der Waals surface area contributed by atoms with E-state index < -0.39 is 11.8 Å². The number of carbonyl (C=O) groups is 2. The van der Waals surface area contributed by atoms with Crippen LogP contribution in [0.25, 0.3) is 0 Å². The lowest BCUT2D eigenvalue weighted by atomic mass is 9.92. The third-order valence-electron chi connectivity index (χ3n) is 6.76. The maximum absolute atomic E-state index is 14.9. The van der Waals surface area contributed by atoms with E-state index in [0.717, 1.165) is 11.3 Å². The lowest BCUT2D eigenvalue weighted by Gasteiger charge is -2.35. The first-order valence-corrected chi connectivity index (χ1v) is 14.0. The summed E-state index contributed by atoms with van der Waals surface area (Å²) < 4.78 is 16.7. The van der Waals surface area contributed by atoms with Crippen LogP contribution in [-0.2, 0) is 12.0 Å². The van der Waals surface area contributed by atoms with Gasteiger partial charge in [0, 0.05) is 50.2 Å². The standard InChI is InChI=1S/C29H35Cl2FN6O2/c1-18(2)38-25(16-24(35-38)29(3,4)5)34-28(40)33-23-10-9-19(15-22(23)32)17-36-11-13-37(14-12-36)27(39)26-20(30)7-6-8-21(26)31/h6-10,15-16,18H,11-14,17H2,1-5H3,(H2,33,34,40). The van der Waals surface area contributed by atoms with Crippen LogP contribution in [-0.4, -0.2) is 57.7 Å². The highest BCUT2D eigenvalue weighted by Gasteiger charge is 2.26. The van der Waals surface area contributed by atoms with Crippen molar-refractivity contribution < 1.29 is 14.0 Å². The van der Waals surface area contributed by atoms with Crippen molar-refractivity contribution in [2.75, 3.05) is 36.8 Å². The first-order valence-electron chi connectivity index (χ1n) is 13.3. The zero-order valence-electron chi connectivity index (χ0n) is 23.4. The van der Waals surface area contributed by atoms with Gasteiger partial charge in [-0.25, -0.2) is 13.9 Å². The Hall–Kier alpha value is -3.14. The Morgan fingerprint density at radius 2 is 1.65 bits per heavy atom. The molecule has 0 atom stereocenters. The van der Waals surface area contributed by atoms with Crippen molar-refractivity contribution in [3.63, 3.8) is 0 Å². The van der Waals surface area contributed by atoms with Gasteiger partial charge in [0.15, 0.2) is 0 Å². The lowest BCUT2D eigenvalue weighted by molar-refractivity contribution is 0.0628. The summed E-state index contributed by atoms with van der Waals surface area (Å²) in [5.41, 5.74) is 1.84. The summed E-state index contributed by atoms with van der Waals surface area (Å²) in [5.74, 6) is -0.174. The van der Waals surface area contributed by atoms with Gasteiger partial charge in [0.25, 0.3) is 5.91 Å². The molecule has 1 aromatic heterocycles. The molecular formula is C29H35Cl2FN6O2. The highest BCUT2D eigenvalue weighted by molar-refractivity contribution is 6.39. The minimum Gasteiger partial charge on any atom is -0.336 e. The van der Waals surface area contributed by atoms with Crippen LogP contribution in [0.2, 0.25) is 10.0 Å². The highest BCUT2D eigenvalue weighted by Crippen LogP contribution is 2.28. The number of amides is 3. The highest BCUT2D eigenvalue weighted by atomic mass is 35.5. The van der Waals surface area contributed by atoms with Gasteiger partial charge in [-0.3, -0.25) is 15.0 Å². The van der Waals surface area contributed by atoms with Crippen molar-refractivity contribution in [2.24, 2.45) is 0 Å². The number of anilines is 2. The molecule has 11 heteroatoms. The van der Waals surface area contributed by atoms with Crippen LogP contribution >= 0.6 is 23.2 Å². The Bertz CT molecular complexity index is 1370. The normalized spacial score (nSPS) is 14.5. The van der Waals surface area contributed by atoms with Gasteiger partial charge in [0.2, 0.25) is 0 Å². The third kappa shape index (κ3) is 6.95. The largest absolute Gasteiger partial charge is 0.336 e. The molecule has 214 valence electrons. The summed E-state index contributed by atoms with van der Waals surface area (Å²) in [7, 11) is 0. The third-order valence-corrected chi connectivity index (χ3v) is 7.39. The number of nitrogens with one attached hydrogen (secondary N) is 2. The summed E-state index contributed by atoms with van der Waals surface area (Å²) in [6, 6.07) is 11.1. The van der Waals surface area contributed by atoms with Gasteiger partial charge >= 0.3 is 6.03 Å². The van der Waals surface area contributed by atoms with E-state index in [1.165, 1.54) is 6.07 Å². The molecule has 2 aromatic carbocycles. The predicted molar refractivity (Wildman–Crippen MR) is 158 cm³/mol. The van der Waals surface area contributed by atoms with Gasteiger partial charge in [-0.05, 0) is 43.7 Å². The zero-order chi connectivity index (χ0) is 29.2. The number of rotatable bonds is 6. The molecule has 1 saturated heterocycles. The Labute approximate surface area is 244 Å². The minimum atomic E-state index is -0.548. The van der Waals surface area contributed by atoms with Crippen molar-refractivity contribution in [1.82, 2.24) is 19.6 Å². The number of urea groups is 1. The van der Waals surface area contributed by atoms with Crippen LogP contribution in [0.3, 0.4) is 0 Å². The van der Waals surface area contributed by atoms with Gasteiger partial charge in [-0.1, -0.05) is 56.1 Å². The van der Waals surface area contributed by atoms with E-state index in [4.69, 9.17) is 23.2 Å². The number of carbonyl (C=O) groups excluding carboxylic acids is 2. The second-order valence-corrected chi connectivity index (χ2v) is 12.1. The van der Waals surface area contributed by atoms with Gasteiger partial charge in [-0.15, -0.1) is 0 Å². The van der Waals surface area contributed by atoms with Crippen LogP contribution in [0.15, 0.2) is 42.5 Å². The van der Waals surface area contributed by atoms with Crippen molar-refractivity contribution >= 4 is 46.6 Å². The van der Waals surface area contributed by atoms with Crippen molar-refractivity contribution in [3.8, 4) is 0 Å². The van der Waals surface area contributed by atoms with Crippen LogP contribution in [0.1, 0.15) is 62.3 Å². The second kappa shape index (κ2) is 12.2. The quantitative estimate of drug-likeness (QED) is 0.331. The molecule has 40 heavy (non-hydrogen) atoms. The minimum absolute atomic E-state index is 0.0383. The molecule has 0 radical (unpaired) electrons. The fraction of sp³-hybridized carbons (Fsp3) is 0.414. The zero-order valence-corrected chi connectivity index (χ0v) is 24.9. The number of nitrogens with zero attached hydrogens (tertiary/aromatic N) is 4. The Kier molecular flexibility index (Phi) is 9.07. The average molecular weight is 590 g/mol. The number of piperazine rings is 1. The summed E-state index contributed by atoms with van der Waals surface area (Å²) >= 11 is 12.4. The van der Waals surface area contributed by atoms with E-state index >= 15 is 0 Å². The van der Waals surface area contributed by atoms with E-state index in [-0.39, 0.29) is 23.1 Å². The topological polar surface area (TPSA) is 82.5 Å². The van der Waals surface area contributed by atoms with Crippen molar-refractivity contribution in [3.05, 3.63) is 75.1 Å². The molecule has 2 heterocycles. The molecule has 0 spiro atoms. The van der Waals surface area contributed by atoms with Gasteiger partial charge in [-0.2, -0.15) is 5.10 Å². The van der Waals surface area contributed by atoms with E-state index in [1.54, 1.807) is 39.9 Å². The predicted octanol–water partition coefficient (Wildman–Crippen LogP) is 6.81. The monoisotopic (exact) mass is 588 g/mol. The molecular weight excluding hydrogens is 554 g/mol. The maximum Gasteiger partial charge on any atom is 0.324 e. The summed E-state index contributed by atoms with van der Waals surface area (Å²) in [4.78, 5) is 29.5. The van der Waals surface area contributed by atoms with Crippen molar-refractivity contribution in [1.29, 1.82) is 0 Å². The molecule has 4 rings (SSSR count). The fourth-order valence-corrected chi connectivity index (χ4v) is 5.06. The molecule has 0 saturated carbocycles. The molecule has 1 aliphatic heterocycles. The number of benzene rings is 2. The molecule has 1 fully saturated rings. The Balaban J connectivity index is 1.33. The van der Waals surface area contributed by atoms with Crippen LogP contribution < -0.4 is 10.6 Å². The number of halogens is 3. The number of hydrogen-bond donors (Lipinski definition) is 2. The van der Waals surface area contributed by atoms with E-state index in [2.05, 4.69) is 41.4 Å². The molecule has 2 N–H and O–H groups in total. The first kappa shape index (κ1) is 29.8. The number of hydrogen-bond acceptors (Lipinski definition) is 4. The summed E-state index contributed by atoms with van der Waals surface area (Å²) in [6.07, 6.45) is 0. The molecule has 1 aliphatic rings. The molecule has 8 nitrogen and oxygen atoms in total. The van der Waals surface area contributed by atoms with E-state index in [0.29, 0.717) is 54.2 Å². The summed E-state index contributed by atoms with van der Waals surface area (Å²) in [5, 5.41) is 10.7. The fourth-order valence-electron chi connectivity index (χ4n) is 4.50. The van der Waals surface area contributed by atoms with E-state index in [9.17, 15) is 14.0 Å². The van der Waals surface area contributed by atoms with Crippen molar-refractivity contribution in [2.45, 2.75) is 52.6 Å². The molecule has 3 aromatic rings. The van der Waals surface area contributed by atoms with Crippen LogP contribution in [0, 0.1) is 5.82 Å².